The molecule has 1 atom stereocenters. The number of rotatable bonds is 6. The van der Waals surface area contributed by atoms with Crippen LogP contribution in [0.5, 0.6) is 0 Å². The maximum absolute atomic E-state index is 13.6. The molecule has 3 N–H and O–H groups in total. The molecular formula is C17H18ClFN2O4S. The highest BCUT2D eigenvalue weighted by molar-refractivity contribution is 7.92. The number of aliphatic hydroxyl groups excluding tert-OH is 1. The summed E-state index contributed by atoms with van der Waals surface area (Å²) >= 11 is 5.63. The van der Waals surface area contributed by atoms with Crippen LogP contribution in [0.25, 0.3) is 0 Å². The molecule has 0 radical (unpaired) electrons. The van der Waals surface area contributed by atoms with Gasteiger partial charge in [0.15, 0.2) is 0 Å². The highest BCUT2D eigenvalue weighted by Crippen LogP contribution is 2.22. The number of benzene rings is 2. The predicted octanol–water partition coefficient (Wildman–Crippen LogP) is 2.62. The van der Waals surface area contributed by atoms with Gasteiger partial charge in [-0.1, -0.05) is 23.7 Å². The zero-order chi connectivity index (χ0) is 19.5. The summed E-state index contributed by atoms with van der Waals surface area (Å²) in [6.45, 7) is 1.25. The van der Waals surface area contributed by atoms with E-state index in [1.807, 2.05) is 0 Å². The second-order valence-corrected chi connectivity index (χ2v) is 7.94. The SMILES string of the molecule is Cc1ccc(C(=O)N[C@@H](CO)c2ccc(Cl)c(F)c2)cc1NS(C)(=O)=O. The van der Waals surface area contributed by atoms with Crippen molar-refractivity contribution in [2.24, 2.45) is 0 Å². The van der Waals surface area contributed by atoms with Gasteiger partial charge >= 0.3 is 0 Å². The van der Waals surface area contributed by atoms with E-state index in [4.69, 9.17) is 11.6 Å². The summed E-state index contributed by atoms with van der Waals surface area (Å²) in [6, 6.07) is 7.63. The van der Waals surface area contributed by atoms with E-state index in [0.717, 1.165) is 12.3 Å². The van der Waals surface area contributed by atoms with E-state index in [0.29, 0.717) is 11.1 Å². The van der Waals surface area contributed by atoms with E-state index in [-0.39, 0.29) is 16.3 Å². The summed E-state index contributed by atoms with van der Waals surface area (Å²) in [5, 5.41) is 12.0. The molecule has 0 aliphatic heterocycles. The van der Waals surface area contributed by atoms with Crippen LogP contribution in [0.1, 0.15) is 27.5 Å². The lowest BCUT2D eigenvalue weighted by Gasteiger charge is -2.18. The minimum atomic E-state index is -3.50. The van der Waals surface area contributed by atoms with Crippen LogP contribution in [0, 0.1) is 12.7 Å². The van der Waals surface area contributed by atoms with Crippen molar-refractivity contribution in [3.8, 4) is 0 Å². The van der Waals surface area contributed by atoms with E-state index in [9.17, 15) is 22.7 Å². The number of amides is 1. The van der Waals surface area contributed by atoms with E-state index in [2.05, 4.69) is 10.0 Å². The smallest absolute Gasteiger partial charge is 0.251 e. The Bertz CT molecular complexity index is 934. The number of carbonyl (C=O) groups excluding carboxylic acids is 1. The lowest BCUT2D eigenvalue weighted by atomic mass is 10.1. The molecule has 2 aromatic rings. The fourth-order valence-electron chi connectivity index (χ4n) is 2.28. The third-order valence-corrected chi connectivity index (χ3v) is 4.53. The molecule has 140 valence electrons. The molecule has 2 rings (SSSR count). The van der Waals surface area contributed by atoms with Gasteiger partial charge in [-0.15, -0.1) is 0 Å². The molecule has 0 bridgehead atoms. The van der Waals surface area contributed by atoms with E-state index in [1.165, 1.54) is 24.3 Å². The second-order valence-electron chi connectivity index (χ2n) is 5.79. The minimum absolute atomic E-state index is 0.0632. The highest BCUT2D eigenvalue weighted by Gasteiger charge is 2.17. The summed E-state index contributed by atoms with van der Waals surface area (Å²) in [5.41, 5.74) is 1.46. The van der Waals surface area contributed by atoms with Crippen molar-refractivity contribution < 1.29 is 22.7 Å². The van der Waals surface area contributed by atoms with Gasteiger partial charge in [0.2, 0.25) is 10.0 Å². The van der Waals surface area contributed by atoms with Crippen LogP contribution in [0.3, 0.4) is 0 Å². The van der Waals surface area contributed by atoms with Crippen molar-refractivity contribution in [3.05, 3.63) is 63.9 Å². The normalized spacial score (nSPS) is 12.5. The lowest BCUT2D eigenvalue weighted by molar-refractivity contribution is 0.0916. The van der Waals surface area contributed by atoms with Crippen molar-refractivity contribution in [1.29, 1.82) is 0 Å². The first-order chi connectivity index (χ1) is 12.1. The molecule has 0 saturated heterocycles. The summed E-state index contributed by atoms with van der Waals surface area (Å²) in [5.74, 6) is -1.21. The average molecular weight is 401 g/mol. The van der Waals surface area contributed by atoms with Crippen molar-refractivity contribution in [2.75, 3.05) is 17.6 Å². The lowest BCUT2D eigenvalue weighted by Crippen LogP contribution is -2.31. The number of hydrogen-bond donors (Lipinski definition) is 3. The van der Waals surface area contributed by atoms with Gasteiger partial charge in [0, 0.05) is 5.56 Å². The molecule has 0 fully saturated rings. The van der Waals surface area contributed by atoms with Crippen molar-refractivity contribution >= 4 is 33.2 Å². The number of aryl methyl sites for hydroxylation is 1. The zero-order valence-electron chi connectivity index (χ0n) is 14.1. The number of hydrogen-bond acceptors (Lipinski definition) is 4. The molecule has 0 aliphatic rings. The van der Waals surface area contributed by atoms with Gasteiger partial charge in [0.05, 0.1) is 29.6 Å². The summed E-state index contributed by atoms with van der Waals surface area (Å²) < 4.78 is 38.8. The Morgan fingerprint density at radius 1 is 1.27 bits per heavy atom. The fraction of sp³-hybridized carbons (Fsp3) is 0.235. The Kier molecular flexibility index (Phi) is 6.22. The Labute approximate surface area is 156 Å². The molecule has 0 unspecified atom stereocenters. The maximum Gasteiger partial charge on any atom is 0.251 e. The molecule has 26 heavy (non-hydrogen) atoms. The van der Waals surface area contributed by atoms with Crippen molar-refractivity contribution in [3.63, 3.8) is 0 Å². The van der Waals surface area contributed by atoms with E-state index < -0.39 is 34.4 Å². The van der Waals surface area contributed by atoms with Gasteiger partial charge < -0.3 is 10.4 Å². The molecule has 0 heterocycles. The van der Waals surface area contributed by atoms with Crippen LogP contribution >= 0.6 is 11.6 Å². The number of anilines is 1. The summed E-state index contributed by atoms with van der Waals surface area (Å²) in [4.78, 5) is 12.4. The first-order valence-corrected chi connectivity index (χ1v) is 9.83. The molecule has 9 heteroatoms. The molecule has 0 saturated carbocycles. The van der Waals surface area contributed by atoms with E-state index in [1.54, 1.807) is 13.0 Å². The average Bonchev–Trinajstić information content (AvgIpc) is 2.55. The Hall–Kier alpha value is -2.16. The second kappa shape index (κ2) is 8.03. The molecule has 0 spiro atoms. The van der Waals surface area contributed by atoms with Crippen LogP contribution in [0.2, 0.25) is 5.02 Å². The number of sulfonamides is 1. The van der Waals surface area contributed by atoms with Gasteiger partial charge in [-0.05, 0) is 42.3 Å². The highest BCUT2D eigenvalue weighted by atomic mass is 35.5. The Morgan fingerprint density at radius 3 is 2.54 bits per heavy atom. The quantitative estimate of drug-likeness (QED) is 0.694. The van der Waals surface area contributed by atoms with Crippen LogP contribution < -0.4 is 10.0 Å². The van der Waals surface area contributed by atoms with E-state index >= 15 is 0 Å². The van der Waals surface area contributed by atoms with Gasteiger partial charge in [-0.2, -0.15) is 0 Å². The van der Waals surface area contributed by atoms with Gasteiger partial charge in [0.1, 0.15) is 5.82 Å². The zero-order valence-corrected chi connectivity index (χ0v) is 15.7. The molecule has 6 nitrogen and oxygen atoms in total. The number of aliphatic hydroxyl groups is 1. The monoisotopic (exact) mass is 400 g/mol. The van der Waals surface area contributed by atoms with Crippen molar-refractivity contribution in [2.45, 2.75) is 13.0 Å². The maximum atomic E-state index is 13.6. The molecule has 0 aliphatic carbocycles. The fourth-order valence-corrected chi connectivity index (χ4v) is 3.01. The predicted molar refractivity (Wildman–Crippen MR) is 98.3 cm³/mol. The van der Waals surface area contributed by atoms with Crippen molar-refractivity contribution in [1.82, 2.24) is 5.32 Å². The molecule has 2 aromatic carbocycles. The minimum Gasteiger partial charge on any atom is -0.394 e. The largest absolute Gasteiger partial charge is 0.394 e. The van der Waals surface area contributed by atoms with Gasteiger partial charge in [0.25, 0.3) is 5.91 Å². The standard InChI is InChI=1S/C17H18ClFN2O4S/c1-10-3-4-12(8-15(10)21-26(2,24)25)17(23)20-16(9-22)11-5-6-13(18)14(19)7-11/h3-8,16,21-22H,9H2,1-2H3,(H,20,23)/t16-/m0/s1. The van der Waals surface area contributed by atoms with Crippen LogP contribution in [-0.4, -0.2) is 32.3 Å². The first-order valence-electron chi connectivity index (χ1n) is 7.56. The molecular weight excluding hydrogens is 383 g/mol. The van der Waals surface area contributed by atoms with Gasteiger partial charge in [-0.3, -0.25) is 9.52 Å². The third kappa shape index (κ3) is 5.17. The topological polar surface area (TPSA) is 95.5 Å². The molecule has 0 aromatic heterocycles. The van der Waals surface area contributed by atoms with Crippen LogP contribution in [0.4, 0.5) is 10.1 Å². The third-order valence-electron chi connectivity index (χ3n) is 3.63. The molecule has 1 amide bonds. The van der Waals surface area contributed by atoms with Crippen LogP contribution in [0.15, 0.2) is 36.4 Å². The van der Waals surface area contributed by atoms with Crippen LogP contribution in [-0.2, 0) is 10.0 Å². The Morgan fingerprint density at radius 2 is 1.96 bits per heavy atom. The number of carbonyl (C=O) groups is 1. The number of halogens is 2. The van der Waals surface area contributed by atoms with Gasteiger partial charge in [-0.25, -0.2) is 12.8 Å². The summed E-state index contributed by atoms with van der Waals surface area (Å²) in [6.07, 6.45) is 1.01. The summed E-state index contributed by atoms with van der Waals surface area (Å²) in [7, 11) is -3.50. The first kappa shape index (κ1) is 20.2. The number of nitrogens with one attached hydrogen (secondary N) is 2. The Balaban J connectivity index is 2.25.